The van der Waals surface area contributed by atoms with Crippen LogP contribution in [0.25, 0.3) is 11.3 Å². The third kappa shape index (κ3) is 7.59. The summed E-state index contributed by atoms with van der Waals surface area (Å²) in [6.07, 6.45) is 0.794. The van der Waals surface area contributed by atoms with Crippen LogP contribution < -0.4 is 10.2 Å². The lowest BCUT2D eigenvalue weighted by Gasteiger charge is -2.31. The molecular formula is C26H36FN7O3. The fourth-order valence-corrected chi connectivity index (χ4v) is 4.53. The molecule has 0 aliphatic carbocycles. The number of hydrogen-bond donors (Lipinski definition) is 1. The summed E-state index contributed by atoms with van der Waals surface area (Å²) < 4.78 is 18.6. The number of amides is 3. The zero-order chi connectivity index (χ0) is 26.0. The van der Waals surface area contributed by atoms with Gasteiger partial charge in [0, 0.05) is 64.5 Å². The summed E-state index contributed by atoms with van der Waals surface area (Å²) in [6, 6.07) is 9.74. The van der Waals surface area contributed by atoms with Crippen LogP contribution >= 0.6 is 0 Å². The maximum Gasteiger partial charge on any atom is 0.317 e. The largest absolute Gasteiger partial charge is 0.379 e. The van der Waals surface area contributed by atoms with Crippen molar-refractivity contribution >= 4 is 17.8 Å². The Hall–Kier alpha value is -3.31. The van der Waals surface area contributed by atoms with Gasteiger partial charge in [0.25, 0.3) is 0 Å². The van der Waals surface area contributed by atoms with Gasteiger partial charge in [0.15, 0.2) is 5.82 Å². The summed E-state index contributed by atoms with van der Waals surface area (Å²) >= 11 is 0. The van der Waals surface area contributed by atoms with Gasteiger partial charge in [-0.3, -0.25) is 9.69 Å². The van der Waals surface area contributed by atoms with E-state index in [0.717, 1.165) is 37.4 Å². The number of anilines is 1. The van der Waals surface area contributed by atoms with Crippen LogP contribution in [0.2, 0.25) is 0 Å². The minimum Gasteiger partial charge on any atom is -0.379 e. The van der Waals surface area contributed by atoms with Gasteiger partial charge >= 0.3 is 6.03 Å². The summed E-state index contributed by atoms with van der Waals surface area (Å²) in [5, 5.41) is 11.5. The predicted octanol–water partition coefficient (Wildman–Crippen LogP) is 1.69. The maximum atomic E-state index is 13.2. The van der Waals surface area contributed by atoms with E-state index < -0.39 is 0 Å². The number of urea groups is 1. The number of morpholine rings is 1. The van der Waals surface area contributed by atoms with Gasteiger partial charge in [-0.05, 0) is 49.7 Å². The van der Waals surface area contributed by atoms with Crippen molar-refractivity contribution in [3.63, 3.8) is 0 Å². The van der Waals surface area contributed by atoms with Crippen LogP contribution in [0, 0.1) is 5.82 Å². The molecule has 2 aliphatic heterocycles. The van der Waals surface area contributed by atoms with Gasteiger partial charge in [-0.1, -0.05) is 0 Å². The van der Waals surface area contributed by atoms with Crippen molar-refractivity contribution in [3.8, 4) is 11.3 Å². The quantitative estimate of drug-likeness (QED) is 0.574. The van der Waals surface area contributed by atoms with E-state index in [0.29, 0.717) is 58.2 Å². The van der Waals surface area contributed by atoms with E-state index in [1.54, 1.807) is 17.0 Å². The molecule has 3 amide bonds. The summed E-state index contributed by atoms with van der Waals surface area (Å²) in [7, 11) is 0. The molecule has 2 fully saturated rings. The normalized spacial score (nSPS) is 16.8. The van der Waals surface area contributed by atoms with E-state index in [2.05, 4.69) is 25.3 Å². The van der Waals surface area contributed by atoms with Crippen molar-refractivity contribution in [2.45, 2.75) is 13.3 Å². The Labute approximate surface area is 217 Å². The number of aromatic nitrogens is 2. The molecule has 2 aliphatic rings. The first-order valence-corrected chi connectivity index (χ1v) is 13.0. The Bertz CT molecular complexity index is 1020. The second kappa shape index (κ2) is 13.3. The van der Waals surface area contributed by atoms with Crippen LogP contribution in [0.5, 0.6) is 0 Å². The van der Waals surface area contributed by atoms with E-state index in [-0.39, 0.29) is 24.3 Å². The number of halogens is 1. The molecule has 2 aromatic rings. The SMILES string of the molecule is CCNC(=O)N(CCN1CCOCC1)CC(=O)N1CCCN(c2ccc(-c3ccc(F)cc3)nn2)CC1. The highest BCUT2D eigenvalue weighted by Gasteiger charge is 2.24. The maximum absolute atomic E-state index is 13.2. The van der Waals surface area contributed by atoms with Crippen LogP contribution in [0.15, 0.2) is 36.4 Å². The van der Waals surface area contributed by atoms with E-state index in [9.17, 15) is 14.0 Å². The van der Waals surface area contributed by atoms with Gasteiger partial charge < -0.3 is 24.8 Å². The second-order valence-corrected chi connectivity index (χ2v) is 9.22. The highest BCUT2D eigenvalue weighted by atomic mass is 19.1. The molecule has 0 bridgehead atoms. The molecule has 0 saturated carbocycles. The number of hydrogen-bond acceptors (Lipinski definition) is 7. The number of ether oxygens (including phenoxy) is 1. The molecule has 37 heavy (non-hydrogen) atoms. The first-order chi connectivity index (χ1) is 18.0. The Kier molecular flexibility index (Phi) is 9.61. The smallest absolute Gasteiger partial charge is 0.317 e. The van der Waals surface area contributed by atoms with Crippen molar-refractivity contribution in [3.05, 3.63) is 42.2 Å². The number of carbonyl (C=O) groups is 2. The van der Waals surface area contributed by atoms with Gasteiger partial charge in [0.05, 0.1) is 18.9 Å². The Morgan fingerprint density at radius 3 is 2.49 bits per heavy atom. The van der Waals surface area contributed by atoms with Crippen molar-refractivity contribution in [1.29, 1.82) is 0 Å². The monoisotopic (exact) mass is 513 g/mol. The highest BCUT2D eigenvalue weighted by molar-refractivity contribution is 5.84. The third-order valence-electron chi connectivity index (χ3n) is 6.69. The summed E-state index contributed by atoms with van der Waals surface area (Å²) in [6.45, 7) is 9.29. The van der Waals surface area contributed by atoms with Crippen molar-refractivity contribution in [2.75, 3.05) is 83.6 Å². The molecule has 1 N–H and O–H groups in total. The first-order valence-electron chi connectivity index (χ1n) is 13.0. The fraction of sp³-hybridized carbons (Fsp3) is 0.538. The van der Waals surface area contributed by atoms with Gasteiger partial charge in [-0.25, -0.2) is 9.18 Å². The molecule has 11 heteroatoms. The minimum absolute atomic E-state index is 0.0483. The van der Waals surface area contributed by atoms with E-state index in [1.807, 2.05) is 24.0 Å². The van der Waals surface area contributed by atoms with Crippen LogP contribution in [-0.4, -0.2) is 115 Å². The number of carbonyl (C=O) groups excluding carboxylic acids is 2. The van der Waals surface area contributed by atoms with E-state index >= 15 is 0 Å². The molecule has 4 rings (SSSR count). The molecular weight excluding hydrogens is 477 g/mol. The highest BCUT2D eigenvalue weighted by Crippen LogP contribution is 2.20. The first kappa shape index (κ1) is 26.7. The van der Waals surface area contributed by atoms with Crippen molar-refractivity contribution in [2.24, 2.45) is 0 Å². The number of rotatable bonds is 8. The topological polar surface area (TPSA) is 94.1 Å². The Morgan fingerprint density at radius 2 is 1.78 bits per heavy atom. The van der Waals surface area contributed by atoms with Crippen molar-refractivity contribution < 1.29 is 18.7 Å². The summed E-state index contributed by atoms with van der Waals surface area (Å²) in [4.78, 5) is 33.7. The zero-order valence-electron chi connectivity index (χ0n) is 21.4. The van der Waals surface area contributed by atoms with Crippen LogP contribution in [-0.2, 0) is 9.53 Å². The van der Waals surface area contributed by atoms with E-state index in [1.165, 1.54) is 12.1 Å². The second-order valence-electron chi connectivity index (χ2n) is 9.22. The molecule has 1 aromatic heterocycles. The predicted molar refractivity (Wildman–Crippen MR) is 139 cm³/mol. The standard InChI is InChI=1S/C26H36FN7O3/c1-2-28-26(36)34(13-12-31-16-18-37-19-17-31)20-25(35)33-11-3-10-32(14-15-33)24-9-8-23(29-30-24)21-4-6-22(27)7-5-21/h4-9H,2-3,10-20H2,1H3,(H,28,36). The fourth-order valence-electron chi connectivity index (χ4n) is 4.53. The van der Waals surface area contributed by atoms with Gasteiger partial charge in [-0.2, -0.15) is 0 Å². The van der Waals surface area contributed by atoms with Gasteiger partial charge in [0.2, 0.25) is 5.91 Å². The molecule has 1 aromatic carbocycles. The molecule has 0 unspecified atom stereocenters. The number of benzene rings is 1. The summed E-state index contributed by atoms with van der Waals surface area (Å²) in [5.74, 6) is 0.408. The molecule has 0 spiro atoms. The van der Waals surface area contributed by atoms with E-state index in [4.69, 9.17) is 4.74 Å². The minimum atomic E-state index is -0.289. The Morgan fingerprint density at radius 1 is 1.00 bits per heavy atom. The molecule has 200 valence electrons. The zero-order valence-corrected chi connectivity index (χ0v) is 21.4. The van der Waals surface area contributed by atoms with Crippen LogP contribution in [0.4, 0.5) is 15.0 Å². The van der Waals surface area contributed by atoms with Crippen LogP contribution in [0.3, 0.4) is 0 Å². The molecule has 0 atom stereocenters. The molecule has 0 radical (unpaired) electrons. The molecule has 2 saturated heterocycles. The Balaban J connectivity index is 1.32. The lowest BCUT2D eigenvalue weighted by Crippen LogP contribution is -2.50. The third-order valence-corrected chi connectivity index (χ3v) is 6.69. The number of nitrogens with one attached hydrogen (secondary N) is 1. The lowest BCUT2D eigenvalue weighted by atomic mass is 10.1. The van der Waals surface area contributed by atoms with Gasteiger partial charge in [0.1, 0.15) is 12.4 Å². The number of nitrogens with zero attached hydrogens (tertiary/aromatic N) is 6. The molecule has 3 heterocycles. The molecule has 10 nitrogen and oxygen atoms in total. The average Bonchev–Trinajstić information content (AvgIpc) is 3.19. The van der Waals surface area contributed by atoms with Gasteiger partial charge in [-0.15, -0.1) is 10.2 Å². The van der Waals surface area contributed by atoms with Crippen LogP contribution in [0.1, 0.15) is 13.3 Å². The average molecular weight is 514 g/mol. The summed E-state index contributed by atoms with van der Waals surface area (Å²) in [5.41, 5.74) is 1.48. The van der Waals surface area contributed by atoms with Crippen molar-refractivity contribution in [1.82, 2.24) is 30.2 Å². The lowest BCUT2D eigenvalue weighted by molar-refractivity contribution is -0.131.